The van der Waals surface area contributed by atoms with Crippen molar-refractivity contribution in [3.05, 3.63) is 170 Å². The third-order valence-corrected chi connectivity index (χ3v) is 16.6. The maximum Gasteiger partial charge on any atom is 0.220 e. The average Bonchev–Trinajstić information content (AvgIpc) is 4.14. The van der Waals surface area contributed by atoms with Gasteiger partial charge in [-0.1, -0.05) is 96.3 Å². The molecule has 6 heterocycles. The molecule has 8 aromatic carbocycles. The minimum absolute atomic E-state index is 0.870. The van der Waals surface area contributed by atoms with Crippen LogP contribution in [0.4, 0.5) is 0 Å². The molecule has 0 fully saturated rings. The summed E-state index contributed by atoms with van der Waals surface area (Å²) in [5.41, 5.74) is 14.2. The van der Waals surface area contributed by atoms with Crippen molar-refractivity contribution >= 4 is 118 Å². The highest BCUT2D eigenvalue weighted by atomic mass is 28.3. The Balaban J connectivity index is 0.903. The maximum atomic E-state index is 6.49. The second-order valence-electron chi connectivity index (χ2n) is 16.7. The lowest BCUT2D eigenvalue weighted by Gasteiger charge is -2.24. The molecule has 0 aliphatic heterocycles. The van der Waals surface area contributed by atoms with Crippen molar-refractivity contribution in [1.82, 2.24) is 27.9 Å². The largest absolute Gasteiger partial charge is 0.456 e. The number of imidazole rings is 4. The minimum Gasteiger partial charge on any atom is -0.456 e. The predicted octanol–water partition coefficient (Wildman–Crippen LogP) is 11.8. The molecule has 0 amide bonds. The molecule has 288 valence electrons. The molecule has 14 aromatic rings. The summed E-state index contributed by atoms with van der Waals surface area (Å²) in [6, 6.07) is 60.4. The van der Waals surface area contributed by atoms with Gasteiger partial charge in [0.1, 0.15) is 30.4 Å². The normalized spacial score (nSPS) is 12.8. The smallest absolute Gasteiger partial charge is 0.220 e. The second-order valence-corrected chi connectivity index (χ2v) is 21.1. The van der Waals surface area contributed by atoms with E-state index in [-0.39, 0.29) is 0 Å². The summed E-state index contributed by atoms with van der Waals surface area (Å²) in [5, 5.41) is 7.09. The molecule has 0 N–H and O–H groups in total. The van der Waals surface area contributed by atoms with Crippen molar-refractivity contribution < 1.29 is 8.83 Å². The van der Waals surface area contributed by atoms with Crippen LogP contribution in [0.15, 0.2) is 179 Å². The number of benzene rings is 8. The zero-order valence-electron chi connectivity index (χ0n) is 33.2. The van der Waals surface area contributed by atoms with E-state index in [4.69, 9.17) is 18.8 Å². The molecule has 0 radical (unpaired) electrons. The van der Waals surface area contributed by atoms with E-state index in [1.54, 1.807) is 0 Å². The van der Waals surface area contributed by atoms with Gasteiger partial charge in [0.25, 0.3) is 0 Å². The lowest BCUT2D eigenvalue weighted by molar-refractivity contribution is 0.668. The Labute approximate surface area is 347 Å². The van der Waals surface area contributed by atoms with Crippen molar-refractivity contribution in [2.75, 3.05) is 0 Å². The molecule has 0 saturated carbocycles. The van der Waals surface area contributed by atoms with Crippen LogP contribution < -0.4 is 10.4 Å². The zero-order chi connectivity index (χ0) is 40.1. The van der Waals surface area contributed by atoms with E-state index >= 15 is 0 Å². The molecule has 9 heteroatoms. The van der Waals surface area contributed by atoms with Gasteiger partial charge in [-0.2, -0.15) is 0 Å². The molecule has 0 spiro atoms. The van der Waals surface area contributed by atoms with Crippen LogP contribution >= 0.6 is 0 Å². The first-order valence-corrected chi connectivity index (χ1v) is 23.7. The standard InChI is InChI=1S/C52H34N6O2Si/c1-61(2,33-21-25-49-37(29-33)35-27-31(19-23-47(35)59-49)55-43-15-7-9-17-45(43)57-41-13-5-3-11-39(41)53-51(55)57)34-22-26-50-38(30-34)36-28-32(20-24-48(36)60-50)56-44-16-8-10-18-46(44)58-42-14-6-4-12-40(42)54-52(56)58/h3-30H,1-2H3. The molecule has 0 aliphatic carbocycles. The first-order chi connectivity index (χ1) is 30.0. The first kappa shape index (κ1) is 33.0. The van der Waals surface area contributed by atoms with Crippen LogP contribution in [-0.4, -0.2) is 36.0 Å². The molecule has 0 bridgehead atoms. The van der Waals surface area contributed by atoms with Crippen molar-refractivity contribution in [3.8, 4) is 11.4 Å². The Morgan fingerprint density at radius 2 is 0.738 bits per heavy atom. The SMILES string of the molecule is C[Si](C)(c1ccc2oc3ccc(-n4c5ccccc5n5c6ccccc6nc45)cc3c2c1)c1ccc2oc3ccc(-n4c5ccccc5n5c6ccccc6nc45)cc3c2c1. The summed E-state index contributed by atoms with van der Waals surface area (Å²) < 4.78 is 22.0. The van der Waals surface area contributed by atoms with E-state index in [0.717, 1.165) is 111 Å². The highest BCUT2D eigenvalue weighted by Crippen LogP contribution is 2.36. The number of furan rings is 2. The summed E-state index contributed by atoms with van der Waals surface area (Å²) in [4.78, 5) is 10.2. The number of aromatic nitrogens is 6. The van der Waals surface area contributed by atoms with Gasteiger partial charge >= 0.3 is 0 Å². The topological polar surface area (TPSA) is 70.7 Å². The number of hydrogen-bond donors (Lipinski definition) is 0. The van der Waals surface area contributed by atoms with Crippen molar-refractivity contribution in [1.29, 1.82) is 0 Å². The Kier molecular flexibility index (Phi) is 6.30. The van der Waals surface area contributed by atoms with Crippen LogP contribution in [0.5, 0.6) is 0 Å². The molecule has 0 saturated heterocycles. The lowest BCUT2D eigenvalue weighted by Crippen LogP contribution is -2.52. The maximum absolute atomic E-state index is 6.49. The number of rotatable bonds is 4. The van der Waals surface area contributed by atoms with Crippen LogP contribution in [0.2, 0.25) is 13.1 Å². The van der Waals surface area contributed by atoms with Crippen molar-refractivity contribution in [2.24, 2.45) is 0 Å². The second kappa shape index (κ2) is 11.6. The van der Waals surface area contributed by atoms with Gasteiger partial charge in [-0.3, -0.25) is 17.9 Å². The molecule has 61 heavy (non-hydrogen) atoms. The van der Waals surface area contributed by atoms with E-state index in [1.807, 2.05) is 12.1 Å². The average molecular weight is 803 g/mol. The van der Waals surface area contributed by atoms with E-state index < -0.39 is 8.07 Å². The van der Waals surface area contributed by atoms with E-state index in [0.29, 0.717) is 0 Å². The summed E-state index contributed by atoms with van der Waals surface area (Å²) in [5.74, 6) is 1.78. The fourth-order valence-corrected chi connectivity index (χ4v) is 12.3. The Morgan fingerprint density at radius 3 is 1.18 bits per heavy atom. The van der Waals surface area contributed by atoms with E-state index in [1.165, 1.54) is 10.4 Å². The monoisotopic (exact) mass is 802 g/mol. The van der Waals surface area contributed by atoms with Crippen LogP contribution in [0.25, 0.3) is 111 Å². The summed E-state index contributed by atoms with van der Waals surface area (Å²) in [7, 11) is -2.25. The fourth-order valence-electron chi connectivity index (χ4n) is 9.96. The summed E-state index contributed by atoms with van der Waals surface area (Å²) in [6.07, 6.45) is 0. The molecular formula is C52H34N6O2Si. The number of nitrogens with zero attached hydrogens (tertiary/aromatic N) is 6. The third kappa shape index (κ3) is 4.42. The lowest BCUT2D eigenvalue weighted by atomic mass is 10.1. The van der Waals surface area contributed by atoms with Gasteiger partial charge in [0.15, 0.2) is 0 Å². The van der Waals surface area contributed by atoms with Gasteiger partial charge in [-0.15, -0.1) is 0 Å². The zero-order valence-corrected chi connectivity index (χ0v) is 34.2. The number of para-hydroxylation sites is 8. The molecule has 14 rings (SSSR count). The number of hydrogen-bond acceptors (Lipinski definition) is 4. The van der Waals surface area contributed by atoms with Crippen LogP contribution in [0.3, 0.4) is 0 Å². The Hall–Kier alpha value is -7.88. The van der Waals surface area contributed by atoms with Gasteiger partial charge in [0.2, 0.25) is 11.6 Å². The Bertz CT molecular complexity index is 3900. The molecular weight excluding hydrogens is 769 g/mol. The number of fused-ring (bicyclic) bond motifs is 16. The summed E-state index contributed by atoms with van der Waals surface area (Å²) in [6.45, 7) is 4.88. The minimum atomic E-state index is -2.25. The predicted molar refractivity (Wildman–Crippen MR) is 250 cm³/mol. The molecule has 6 aromatic heterocycles. The van der Waals surface area contributed by atoms with E-state index in [9.17, 15) is 0 Å². The van der Waals surface area contributed by atoms with Gasteiger partial charge in [0, 0.05) is 21.5 Å². The molecule has 0 aliphatic rings. The molecule has 0 unspecified atom stereocenters. The third-order valence-electron chi connectivity index (χ3n) is 13.1. The highest BCUT2D eigenvalue weighted by molar-refractivity contribution is 7.00. The summed E-state index contributed by atoms with van der Waals surface area (Å²) >= 11 is 0. The van der Waals surface area contributed by atoms with Gasteiger partial charge in [0.05, 0.1) is 55.5 Å². The first-order valence-electron chi connectivity index (χ1n) is 20.7. The van der Waals surface area contributed by atoms with Gasteiger partial charge < -0.3 is 8.83 Å². The van der Waals surface area contributed by atoms with Gasteiger partial charge in [-0.25, -0.2) is 9.97 Å². The molecule has 0 atom stereocenters. The van der Waals surface area contributed by atoms with Crippen LogP contribution in [0, 0.1) is 0 Å². The highest BCUT2D eigenvalue weighted by Gasteiger charge is 2.28. The van der Waals surface area contributed by atoms with Crippen LogP contribution in [-0.2, 0) is 0 Å². The van der Waals surface area contributed by atoms with Crippen molar-refractivity contribution in [3.63, 3.8) is 0 Å². The molecule has 8 nitrogen and oxygen atoms in total. The van der Waals surface area contributed by atoms with Crippen molar-refractivity contribution in [2.45, 2.75) is 13.1 Å². The van der Waals surface area contributed by atoms with E-state index in [2.05, 4.69) is 189 Å². The fraction of sp³-hybridized carbons (Fsp3) is 0.0385. The Morgan fingerprint density at radius 1 is 0.377 bits per heavy atom. The quantitative estimate of drug-likeness (QED) is 0.166. The van der Waals surface area contributed by atoms with Crippen LogP contribution in [0.1, 0.15) is 0 Å². The van der Waals surface area contributed by atoms with Gasteiger partial charge in [-0.05, 0) is 97.1 Å².